The van der Waals surface area contributed by atoms with Crippen molar-refractivity contribution in [1.82, 2.24) is 4.31 Å². The van der Waals surface area contributed by atoms with Crippen LogP contribution in [0.5, 0.6) is 5.75 Å². The summed E-state index contributed by atoms with van der Waals surface area (Å²) < 4.78 is 31.4. The van der Waals surface area contributed by atoms with Crippen LogP contribution in [0.3, 0.4) is 0 Å². The maximum atomic E-state index is 12.4. The van der Waals surface area contributed by atoms with Crippen LogP contribution in [-0.2, 0) is 10.0 Å². The first kappa shape index (κ1) is 13.3. The molecule has 0 amide bonds. The Morgan fingerprint density at radius 3 is 2.67 bits per heavy atom. The van der Waals surface area contributed by atoms with E-state index in [1.807, 2.05) is 0 Å². The van der Waals surface area contributed by atoms with Gasteiger partial charge in [0, 0.05) is 19.1 Å². The fourth-order valence-electron chi connectivity index (χ4n) is 2.15. The Balaban J connectivity index is 2.36. The van der Waals surface area contributed by atoms with Gasteiger partial charge in [0.2, 0.25) is 10.0 Å². The van der Waals surface area contributed by atoms with E-state index in [9.17, 15) is 8.42 Å². The van der Waals surface area contributed by atoms with E-state index in [4.69, 9.17) is 10.5 Å². The summed E-state index contributed by atoms with van der Waals surface area (Å²) in [5.74, 6) is 0.657. The van der Waals surface area contributed by atoms with E-state index in [0.29, 0.717) is 35.7 Å². The lowest BCUT2D eigenvalue weighted by molar-refractivity contribution is 0.414. The number of aryl methyl sites for hydroxylation is 1. The number of hydrogen-bond donors (Lipinski definition) is 1. The van der Waals surface area contributed by atoms with Gasteiger partial charge in [-0.15, -0.1) is 0 Å². The van der Waals surface area contributed by atoms with Crippen LogP contribution in [0.25, 0.3) is 0 Å². The number of nitrogens with two attached hydrogens (primary N) is 1. The molecule has 0 unspecified atom stereocenters. The smallest absolute Gasteiger partial charge is 0.243 e. The van der Waals surface area contributed by atoms with Gasteiger partial charge in [-0.3, -0.25) is 0 Å². The van der Waals surface area contributed by atoms with Gasteiger partial charge in [0.25, 0.3) is 0 Å². The number of ether oxygens (including phenoxy) is 1. The third-order valence-corrected chi connectivity index (χ3v) is 5.21. The lowest BCUT2D eigenvalue weighted by Crippen LogP contribution is -2.32. The van der Waals surface area contributed by atoms with E-state index < -0.39 is 10.0 Å². The fraction of sp³-hybridized carbons (Fsp3) is 0.500. The molecule has 5 nitrogen and oxygen atoms in total. The van der Waals surface area contributed by atoms with Gasteiger partial charge in [0.15, 0.2) is 0 Å². The zero-order valence-electron chi connectivity index (χ0n) is 10.6. The largest absolute Gasteiger partial charge is 0.497 e. The second-order valence-corrected chi connectivity index (χ2v) is 6.45. The molecule has 1 heterocycles. The van der Waals surface area contributed by atoms with Crippen LogP contribution < -0.4 is 10.5 Å². The Bertz CT molecular complexity index is 542. The minimum Gasteiger partial charge on any atom is -0.497 e. The van der Waals surface area contributed by atoms with E-state index in [1.54, 1.807) is 32.2 Å². The molecular formula is C12H18N2O3S. The molecule has 1 aromatic rings. The van der Waals surface area contributed by atoms with E-state index in [0.717, 1.165) is 0 Å². The minimum atomic E-state index is -3.43. The highest BCUT2D eigenvalue weighted by atomic mass is 32.2. The van der Waals surface area contributed by atoms with Crippen molar-refractivity contribution in [3.8, 4) is 5.75 Å². The van der Waals surface area contributed by atoms with Gasteiger partial charge in [-0.2, -0.15) is 4.31 Å². The topological polar surface area (TPSA) is 72.6 Å². The van der Waals surface area contributed by atoms with E-state index in [-0.39, 0.29) is 6.04 Å². The highest BCUT2D eigenvalue weighted by molar-refractivity contribution is 7.89. The molecular weight excluding hydrogens is 252 g/mol. The van der Waals surface area contributed by atoms with Gasteiger partial charge in [0.05, 0.1) is 12.0 Å². The van der Waals surface area contributed by atoms with E-state index in [2.05, 4.69) is 0 Å². The van der Waals surface area contributed by atoms with Crippen molar-refractivity contribution >= 4 is 10.0 Å². The Morgan fingerprint density at radius 2 is 2.17 bits per heavy atom. The Kier molecular flexibility index (Phi) is 3.61. The minimum absolute atomic E-state index is 0.0571. The van der Waals surface area contributed by atoms with Crippen molar-refractivity contribution in [3.63, 3.8) is 0 Å². The summed E-state index contributed by atoms with van der Waals surface area (Å²) in [7, 11) is -1.87. The lowest BCUT2D eigenvalue weighted by atomic mass is 10.2. The molecule has 1 aliphatic rings. The number of nitrogens with zero attached hydrogens (tertiary/aromatic N) is 1. The zero-order chi connectivity index (χ0) is 13.3. The van der Waals surface area contributed by atoms with Gasteiger partial charge < -0.3 is 10.5 Å². The van der Waals surface area contributed by atoms with Crippen LogP contribution in [0, 0.1) is 6.92 Å². The molecule has 1 atom stereocenters. The lowest BCUT2D eigenvalue weighted by Gasteiger charge is -2.17. The van der Waals surface area contributed by atoms with Gasteiger partial charge in [-0.05, 0) is 37.1 Å². The van der Waals surface area contributed by atoms with Crippen LogP contribution in [0.2, 0.25) is 0 Å². The standard InChI is InChI=1S/C12H18N2O3S/c1-9-7-11(17-2)3-4-12(9)18(15,16)14-6-5-10(13)8-14/h3-4,7,10H,5-6,8,13H2,1-2H3/t10-/m1/s1. The van der Waals surface area contributed by atoms with Gasteiger partial charge in [-0.1, -0.05) is 0 Å². The third kappa shape index (κ3) is 2.36. The Morgan fingerprint density at radius 1 is 1.44 bits per heavy atom. The van der Waals surface area contributed by atoms with Crippen LogP contribution in [0.4, 0.5) is 0 Å². The van der Waals surface area contributed by atoms with Crippen molar-refractivity contribution in [2.75, 3.05) is 20.2 Å². The molecule has 0 bridgehead atoms. The summed E-state index contributed by atoms with van der Waals surface area (Å²) in [6.07, 6.45) is 0.717. The Labute approximate surface area is 108 Å². The van der Waals surface area contributed by atoms with Crippen molar-refractivity contribution in [3.05, 3.63) is 23.8 Å². The molecule has 1 fully saturated rings. The summed E-state index contributed by atoms with van der Waals surface area (Å²) in [6, 6.07) is 4.92. The molecule has 0 radical (unpaired) electrons. The maximum Gasteiger partial charge on any atom is 0.243 e. The molecule has 2 N–H and O–H groups in total. The molecule has 0 spiro atoms. The van der Waals surface area contributed by atoms with Gasteiger partial charge in [-0.25, -0.2) is 8.42 Å². The molecule has 1 aromatic carbocycles. The number of methoxy groups -OCH3 is 1. The highest BCUT2D eigenvalue weighted by Crippen LogP contribution is 2.26. The number of rotatable bonds is 3. The number of sulfonamides is 1. The zero-order valence-corrected chi connectivity index (χ0v) is 11.4. The molecule has 0 aromatic heterocycles. The maximum absolute atomic E-state index is 12.4. The van der Waals surface area contributed by atoms with Crippen LogP contribution in [0.1, 0.15) is 12.0 Å². The summed E-state index contributed by atoms with van der Waals surface area (Å²) in [5, 5.41) is 0. The quantitative estimate of drug-likeness (QED) is 0.878. The van der Waals surface area contributed by atoms with Crippen molar-refractivity contribution in [1.29, 1.82) is 0 Å². The summed E-state index contributed by atoms with van der Waals surface area (Å²) in [4.78, 5) is 0.331. The molecule has 0 saturated carbocycles. The molecule has 0 aliphatic carbocycles. The second kappa shape index (κ2) is 4.87. The Hall–Kier alpha value is -1.11. The van der Waals surface area contributed by atoms with Crippen LogP contribution in [0.15, 0.2) is 23.1 Å². The predicted molar refractivity (Wildman–Crippen MR) is 69.1 cm³/mol. The van der Waals surface area contributed by atoms with Crippen molar-refractivity contribution < 1.29 is 13.2 Å². The summed E-state index contributed by atoms with van der Waals surface area (Å²) in [5.41, 5.74) is 6.45. The normalized spacial score (nSPS) is 21.2. The van der Waals surface area contributed by atoms with E-state index >= 15 is 0 Å². The predicted octanol–water partition coefficient (Wildman–Crippen LogP) is 0.725. The summed E-state index contributed by atoms with van der Waals surface area (Å²) >= 11 is 0. The highest BCUT2D eigenvalue weighted by Gasteiger charge is 2.31. The summed E-state index contributed by atoms with van der Waals surface area (Å²) in [6.45, 7) is 2.66. The monoisotopic (exact) mass is 270 g/mol. The molecule has 1 aliphatic heterocycles. The second-order valence-electron chi connectivity index (χ2n) is 4.54. The average Bonchev–Trinajstić information content (AvgIpc) is 2.76. The van der Waals surface area contributed by atoms with Crippen molar-refractivity contribution in [2.45, 2.75) is 24.3 Å². The van der Waals surface area contributed by atoms with Crippen molar-refractivity contribution in [2.24, 2.45) is 5.73 Å². The first-order valence-corrected chi connectivity index (χ1v) is 7.29. The number of benzene rings is 1. The van der Waals surface area contributed by atoms with Gasteiger partial charge >= 0.3 is 0 Å². The average molecular weight is 270 g/mol. The molecule has 6 heteroatoms. The first-order chi connectivity index (χ1) is 8.45. The first-order valence-electron chi connectivity index (χ1n) is 5.85. The molecule has 2 rings (SSSR count). The van der Waals surface area contributed by atoms with Gasteiger partial charge in [0.1, 0.15) is 5.75 Å². The van der Waals surface area contributed by atoms with Crippen LogP contribution >= 0.6 is 0 Å². The van der Waals surface area contributed by atoms with E-state index in [1.165, 1.54) is 4.31 Å². The molecule has 1 saturated heterocycles. The SMILES string of the molecule is COc1ccc(S(=O)(=O)N2CC[C@@H](N)C2)c(C)c1. The third-order valence-electron chi connectivity index (χ3n) is 3.19. The number of hydrogen-bond acceptors (Lipinski definition) is 4. The van der Waals surface area contributed by atoms with Crippen LogP contribution in [-0.4, -0.2) is 39.0 Å². The molecule has 18 heavy (non-hydrogen) atoms. The fourth-order valence-corrected chi connectivity index (χ4v) is 3.87. The molecule has 100 valence electrons.